The van der Waals surface area contributed by atoms with E-state index in [-0.39, 0.29) is 11.3 Å². The molecule has 2 heterocycles. The van der Waals surface area contributed by atoms with Crippen LogP contribution in [-0.2, 0) is 9.59 Å². The Kier molecular flexibility index (Phi) is 6.09. The van der Waals surface area contributed by atoms with Crippen molar-refractivity contribution in [2.24, 2.45) is 5.92 Å². The third-order valence-corrected chi connectivity index (χ3v) is 5.72. The van der Waals surface area contributed by atoms with Crippen LogP contribution >= 0.6 is 0 Å². The molecule has 33 heavy (non-hydrogen) atoms. The standard InChI is InChI=1S/C27H27NO5/c1-16(2)15-33-21-8-5-7-19(14-21)25(29)23-24(22-9-6-12-32-22)28(27(31)26(23)30)20-11-10-17(3)18(4)13-20/h5-14,16,24,29H,15H2,1-4H3/b25-23-. The summed E-state index contributed by atoms with van der Waals surface area (Å²) in [5.41, 5.74) is 3.00. The van der Waals surface area contributed by atoms with E-state index < -0.39 is 17.7 Å². The number of aliphatic hydroxyl groups is 1. The summed E-state index contributed by atoms with van der Waals surface area (Å²) in [4.78, 5) is 27.7. The zero-order valence-corrected chi connectivity index (χ0v) is 19.2. The highest BCUT2D eigenvalue weighted by Crippen LogP contribution is 2.42. The number of aryl methyl sites for hydroxylation is 2. The van der Waals surface area contributed by atoms with Gasteiger partial charge < -0.3 is 14.3 Å². The Bertz CT molecular complexity index is 1220. The highest BCUT2D eigenvalue weighted by Gasteiger charge is 2.48. The quantitative estimate of drug-likeness (QED) is 0.305. The lowest BCUT2D eigenvalue weighted by molar-refractivity contribution is -0.132. The fourth-order valence-electron chi connectivity index (χ4n) is 3.84. The van der Waals surface area contributed by atoms with Crippen LogP contribution in [0.25, 0.3) is 5.76 Å². The summed E-state index contributed by atoms with van der Waals surface area (Å²) in [5, 5.41) is 11.2. The molecule has 0 aliphatic carbocycles. The van der Waals surface area contributed by atoms with Gasteiger partial charge in [-0.3, -0.25) is 14.5 Å². The lowest BCUT2D eigenvalue weighted by Crippen LogP contribution is -2.29. The van der Waals surface area contributed by atoms with Crippen LogP contribution in [0, 0.1) is 19.8 Å². The van der Waals surface area contributed by atoms with E-state index in [4.69, 9.17) is 9.15 Å². The van der Waals surface area contributed by atoms with Crippen molar-refractivity contribution in [3.8, 4) is 5.75 Å². The fourth-order valence-corrected chi connectivity index (χ4v) is 3.84. The van der Waals surface area contributed by atoms with Gasteiger partial charge in [0.2, 0.25) is 0 Å². The van der Waals surface area contributed by atoms with E-state index >= 15 is 0 Å². The number of hydrogen-bond donors (Lipinski definition) is 1. The molecule has 6 nitrogen and oxygen atoms in total. The number of Topliss-reactive ketones (excluding diaryl/α,β-unsaturated/α-hetero) is 1. The summed E-state index contributed by atoms with van der Waals surface area (Å²) in [6.07, 6.45) is 1.48. The molecule has 1 unspecified atom stereocenters. The average molecular weight is 446 g/mol. The molecule has 1 aliphatic heterocycles. The molecule has 6 heteroatoms. The van der Waals surface area contributed by atoms with E-state index in [9.17, 15) is 14.7 Å². The van der Waals surface area contributed by atoms with Crippen molar-refractivity contribution in [2.75, 3.05) is 11.5 Å². The lowest BCUT2D eigenvalue weighted by Gasteiger charge is -2.24. The number of furan rings is 1. The van der Waals surface area contributed by atoms with E-state index in [1.807, 2.05) is 39.8 Å². The van der Waals surface area contributed by atoms with E-state index in [0.717, 1.165) is 11.1 Å². The number of anilines is 1. The van der Waals surface area contributed by atoms with Gasteiger partial charge in [-0.05, 0) is 67.3 Å². The van der Waals surface area contributed by atoms with Crippen molar-refractivity contribution in [3.63, 3.8) is 0 Å². The summed E-state index contributed by atoms with van der Waals surface area (Å²) >= 11 is 0. The first kappa shape index (κ1) is 22.4. The van der Waals surface area contributed by atoms with Crippen molar-refractivity contribution in [2.45, 2.75) is 33.7 Å². The fraction of sp³-hybridized carbons (Fsp3) is 0.259. The number of ketones is 1. The Morgan fingerprint density at radius 3 is 2.52 bits per heavy atom. The lowest BCUT2D eigenvalue weighted by atomic mass is 9.99. The van der Waals surface area contributed by atoms with Gasteiger partial charge in [0.15, 0.2) is 0 Å². The zero-order valence-electron chi connectivity index (χ0n) is 19.2. The van der Waals surface area contributed by atoms with Crippen LogP contribution in [0.15, 0.2) is 70.9 Å². The Morgan fingerprint density at radius 1 is 1.06 bits per heavy atom. The molecule has 0 spiro atoms. The van der Waals surface area contributed by atoms with Gasteiger partial charge in [-0.1, -0.05) is 32.0 Å². The number of ether oxygens (including phenoxy) is 1. The highest BCUT2D eigenvalue weighted by molar-refractivity contribution is 6.51. The maximum absolute atomic E-state index is 13.2. The molecular formula is C27H27NO5. The Morgan fingerprint density at radius 2 is 1.85 bits per heavy atom. The number of rotatable bonds is 6. The van der Waals surface area contributed by atoms with Crippen molar-refractivity contribution in [1.29, 1.82) is 0 Å². The van der Waals surface area contributed by atoms with E-state index in [1.54, 1.807) is 42.5 Å². The number of benzene rings is 2. The van der Waals surface area contributed by atoms with E-state index in [0.29, 0.717) is 35.3 Å². The molecular weight excluding hydrogens is 418 g/mol. The van der Waals surface area contributed by atoms with Gasteiger partial charge in [0.1, 0.15) is 23.3 Å². The molecule has 0 radical (unpaired) electrons. The molecule has 2 aromatic carbocycles. The Labute approximate surface area is 193 Å². The largest absolute Gasteiger partial charge is 0.507 e. The van der Waals surface area contributed by atoms with Gasteiger partial charge in [0.25, 0.3) is 11.7 Å². The van der Waals surface area contributed by atoms with Crippen LogP contribution in [0.1, 0.15) is 42.3 Å². The number of carbonyl (C=O) groups excluding carboxylic acids is 2. The van der Waals surface area contributed by atoms with Gasteiger partial charge in [-0.25, -0.2) is 0 Å². The SMILES string of the molecule is Cc1ccc(N2C(=O)C(=O)/C(=C(\O)c3cccc(OCC(C)C)c3)C2c2ccco2)cc1C. The molecule has 3 aromatic rings. The van der Waals surface area contributed by atoms with Gasteiger partial charge in [-0.15, -0.1) is 0 Å². The van der Waals surface area contributed by atoms with Crippen LogP contribution in [0.3, 0.4) is 0 Å². The second kappa shape index (κ2) is 8.98. The third kappa shape index (κ3) is 4.29. The molecule has 1 aliphatic rings. The molecule has 1 fully saturated rings. The maximum atomic E-state index is 13.2. The monoisotopic (exact) mass is 445 g/mol. The van der Waals surface area contributed by atoms with Gasteiger partial charge in [0.05, 0.1) is 18.4 Å². The summed E-state index contributed by atoms with van der Waals surface area (Å²) in [6, 6.07) is 14.9. The highest BCUT2D eigenvalue weighted by atomic mass is 16.5. The summed E-state index contributed by atoms with van der Waals surface area (Å²) in [6.45, 7) is 8.53. The Hall–Kier alpha value is -3.80. The second-order valence-corrected chi connectivity index (χ2v) is 8.69. The predicted octanol–water partition coefficient (Wildman–Crippen LogP) is 5.56. The molecule has 1 saturated heterocycles. The number of nitrogens with zero attached hydrogens (tertiary/aromatic N) is 1. The summed E-state index contributed by atoms with van der Waals surface area (Å²) in [7, 11) is 0. The summed E-state index contributed by atoms with van der Waals surface area (Å²) in [5.74, 6) is -0.443. The number of aliphatic hydroxyl groups excluding tert-OH is 1. The topological polar surface area (TPSA) is 80.0 Å². The van der Waals surface area contributed by atoms with Gasteiger partial charge in [-0.2, -0.15) is 0 Å². The minimum atomic E-state index is -0.887. The van der Waals surface area contributed by atoms with Gasteiger partial charge in [0, 0.05) is 11.3 Å². The smallest absolute Gasteiger partial charge is 0.300 e. The van der Waals surface area contributed by atoms with Crippen molar-refractivity contribution in [3.05, 3.63) is 88.9 Å². The van der Waals surface area contributed by atoms with Crippen molar-refractivity contribution < 1.29 is 23.8 Å². The molecule has 1 atom stereocenters. The van der Waals surface area contributed by atoms with Crippen molar-refractivity contribution in [1.82, 2.24) is 0 Å². The van der Waals surface area contributed by atoms with Crippen LogP contribution in [-0.4, -0.2) is 23.4 Å². The second-order valence-electron chi connectivity index (χ2n) is 8.69. The van der Waals surface area contributed by atoms with Crippen LogP contribution in [0.2, 0.25) is 0 Å². The maximum Gasteiger partial charge on any atom is 0.300 e. The average Bonchev–Trinajstić information content (AvgIpc) is 3.41. The van der Waals surface area contributed by atoms with E-state index in [1.165, 1.54) is 11.2 Å². The minimum absolute atomic E-state index is 0.0193. The number of amides is 1. The third-order valence-electron chi connectivity index (χ3n) is 5.72. The molecule has 4 rings (SSSR count). The molecule has 1 N–H and O–H groups in total. The van der Waals surface area contributed by atoms with E-state index in [2.05, 4.69) is 0 Å². The van der Waals surface area contributed by atoms with Crippen LogP contribution < -0.4 is 9.64 Å². The zero-order chi connectivity index (χ0) is 23.7. The first-order valence-electron chi connectivity index (χ1n) is 10.9. The normalized spacial score (nSPS) is 17.7. The van der Waals surface area contributed by atoms with Crippen molar-refractivity contribution >= 4 is 23.1 Å². The molecule has 1 amide bonds. The first-order valence-corrected chi connectivity index (χ1v) is 10.9. The molecule has 1 aromatic heterocycles. The summed E-state index contributed by atoms with van der Waals surface area (Å²) < 4.78 is 11.4. The molecule has 0 saturated carbocycles. The predicted molar refractivity (Wildman–Crippen MR) is 126 cm³/mol. The Balaban J connectivity index is 1.83. The first-order chi connectivity index (χ1) is 15.8. The molecule has 170 valence electrons. The van der Waals surface area contributed by atoms with Crippen LogP contribution in [0.5, 0.6) is 5.75 Å². The van der Waals surface area contributed by atoms with Crippen LogP contribution in [0.4, 0.5) is 5.69 Å². The number of carbonyl (C=O) groups is 2. The minimum Gasteiger partial charge on any atom is -0.507 e. The molecule has 0 bridgehead atoms. The van der Waals surface area contributed by atoms with Gasteiger partial charge >= 0.3 is 0 Å². The number of hydrogen-bond acceptors (Lipinski definition) is 5.